The average molecular weight is 382 g/mol. The summed E-state index contributed by atoms with van der Waals surface area (Å²) in [6, 6.07) is 12.0. The lowest BCUT2D eigenvalue weighted by atomic mass is 10.1. The lowest BCUT2D eigenvalue weighted by Gasteiger charge is -2.11. The van der Waals surface area contributed by atoms with Gasteiger partial charge in [-0.2, -0.15) is 0 Å². The summed E-state index contributed by atoms with van der Waals surface area (Å²) in [6.07, 6.45) is -0.110. The third-order valence-corrected chi connectivity index (χ3v) is 3.92. The third kappa shape index (κ3) is 5.66. The number of esters is 1. The molecule has 1 amide bonds. The fraction of sp³-hybridized carbons (Fsp3) is 0.222. The van der Waals surface area contributed by atoms with E-state index in [1.807, 2.05) is 6.92 Å². The number of anilines is 1. The number of para-hydroxylation sites is 2. The molecular weight excluding hydrogens is 365 g/mol. The molecule has 0 saturated heterocycles. The van der Waals surface area contributed by atoms with E-state index in [-0.39, 0.29) is 6.42 Å². The van der Waals surface area contributed by atoms with Crippen molar-refractivity contribution < 1.29 is 19.1 Å². The van der Waals surface area contributed by atoms with E-state index >= 15 is 0 Å². The second-order valence-corrected chi connectivity index (χ2v) is 5.83. The second-order valence-electron chi connectivity index (χ2n) is 5.02. The Hall–Kier alpha value is -2.24. The molecule has 0 fully saturated rings. The molecule has 1 N–H and O–H groups in total. The first-order valence-electron chi connectivity index (χ1n) is 7.61. The molecule has 2 aromatic carbocycles. The quantitative estimate of drug-likeness (QED) is 0.732. The predicted molar refractivity (Wildman–Crippen MR) is 97.4 cm³/mol. The molecule has 7 heteroatoms. The first-order valence-corrected chi connectivity index (χ1v) is 8.37. The van der Waals surface area contributed by atoms with Crippen LogP contribution in [0.2, 0.25) is 10.0 Å². The monoisotopic (exact) mass is 381 g/mol. The molecule has 0 unspecified atom stereocenters. The molecule has 2 aromatic rings. The number of amides is 1. The Morgan fingerprint density at radius 3 is 2.40 bits per heavy atom. The van der Waals surface area contributed by atoms with Crippen LogP contribution in [0.5, 0.6) is 5.75 Å². The Kier molecular flexibility index (Phi) is 7.10. The van der Waals surface area contributed by atoms with Gasteiger partial charge in [0.1, 0.15) is 5.75 Å². The van der Waals surface area contributed by atoms with Crippen molar-refractivity contribution >= 4 is 40.8 Å². The molecule has 0 aliphatic carbocycles. The summed E-state index contributed by atoms with van der Waals surface area (Å²) in [7, 11) is 0. The molecule has 0 aromatic heterocycles. The van der Waals surface area contributed by atoms with Crippen molar-refractivity contribution in [1.82, 2.24) is 0 Å². The molecule has 0 atom stereocenters. The molecule has 0 bridgehead atoms. The summed E-state index contributed by atoms with van der Waals surface area (Å²) in [6.45, 7) is 1.90. The number of halogens is 2. The lowest BCUT2D eigenvalue weighted by molar-refractivity contribution is -0.146. The van der Waals surface area contributed by atoms with Crippen molar-refractivity contribution in [1.29, 1.82) is 0 Å². The molecule has 132 valence electrons. The molecule has 0 aliphatic rings. The van der Waals surface area contributed by atoms with Crippen LogP contribution in [0.4, 0.5) is 5.69 Å². The van der Waals surface area contributed by atoms with Gasteiger partial charge >= 0.3 is 5.97 Å². The van der Waals surface area contributed by atoms with Gasteiger partial charge in [0.25, 0.3) is 5.91 Å². The highest BCUT2D eigenvalue weighted by Crippen LogP contribution is 2.25. The van der Waals surface area contributed by atoms with Crippen molar-refractivity contribution in [3.63, 3.8) is 0 Å². The Bertz CT molecular complexity index is 744. The van der Waals surface area contributed by atoms with Crippen molar-refractivity contribution in [3.8, 4) is 5.75 Å². The van der Waals surface area contributed by atoms with Crippen LogP contribution in [-0.4, -0.2) is 25.1 Å². The van der Waals surface area contributed by atoms with E-state index in [4.69, 9.17) is 32.7 Å². The highest BCUT2D eigenvalue weighted by Gasteiger charge is 2.14. The summed E-state index contributed by atoms with van der Waals surface area (Å²) in [5.74, 6) is -0.512. The minimum Gasteiger partial charge on any atom is -0.492 e. The SMILES string of the molecule is CCOc1ccccc1NC(=O)COC(=O)Cc1c(Cl)cccc1Cl. The number of nitrogens with one attached hydrogen (secondary N) is 1. The van der Waals surface area contributed by atoms with Gasteiger partial charge in [0.05, 0.1) is 18.7 Å². The first kappa shape index (κ1) is 19.1. The van der Waals surface area contributed by atoms with E-state index in [2.05, 4.69) is 5.32 Å². The van der Waals surface area contributed by atoms with Crippen molar-refractivity contribution in [3.05, 3.63) is 58.1 Å². The van der Waals surface area contributed by atoms with E-state index in [0.717, 1.165) is 0 Å². The number of carbonyl (C=O) groups is 2. The standard InChI is InChI=1S/C18H17Cl2NO4/c1-2-24-16-9-4-3-8-15(16)21-17(22)11-25-18(23)10-12-13(19)6-5-7-14(12)20/h3-9H,2,10-11H2,1H3,(H,21,22). The van der Waals surface area contributed by atoms with Gasteiger partial charge in [0.15, 0.2) is 6.61 Å². The molecule has 2 rings (SSSR count). The molecule has 0 heterocycles. The Labute approximate surface area is 155 Å². The number of carbonyl (C=O) groups excluding carboxylic acids is 2. The average Bonchev–Trinajstić information content (AvgIpc) is 2.58. The number of hydrogen-bond acceptors (Lipinski definition) is 4. The molecule has 0 radical (unpaired) electrons. The Morgan fingerprint density at radius 2 is 1.72 bits per heavy atom. The zero-order chi connectivity index (χ0) is 18.2. The minimum atomic E-state index is -0.594. The number of ether oxygens (including phenoxy) is 2. The van der Waals surface area contributed by atoms with Crippen LogP contribution in [0.1, 0.15) is 12.5 Å². The number of benzene rings is 2. The fourth-order valence-corrected chi connectivity index (χ4v) is 2.61. The summed E-state index contributed by atoms with van der Waals surface area (Å²) in [5, 5.41) is 3.39. The van der Waals surface area contributed by atoms with E-state index in [1.54, 1.807) is 42.5 Å². The summed E-state index contributed by atoms with van der Waals surface area (Å²) in [4.78, 5) is 23.9. The largest absolute Gasteiger partial charge is 0.492 e. The van der Waals surface area contributed by atoms with Crippen LogP contribution in [0.15, 0.2) is 42.5 Å². The maximum absolute atomic E-state index is 12.0. The van der Waals surface area contributed by atoms with Gasteiger partial charge in [-0.05, 0) is 31.2 Å². The second kappa shape index (κ2) is 9.30. The van der Waals surface area contributed by atoms with Crippen molar-refractivity contribution in [2.75, 3.05) is 18.5 Å². The van der Waals surface area contributed by atoms with Gasteiger partial charge in [0, 0.05) is 15.6 Å². The third-order valence-electron chi connectivity index (χ3n) is 3.21. The summed E-state index contributed by atoms with van der Waals surface area (Å²) >= 11 is 12.0. The first-order chi connectivity index (χ1) is 12.0. The molecule has 0 saturated carbocycles. The number of rotatable bonds is 7. The van der Waals surface area contributed by atoms with Crippen LogP contribution in [-0.2, 0) is 20.7 Å². The van der Waals surface area contributed by atoms with Crippen molar-refractivity contribution in [2.24, 2.45) is 0 Å². The van der Waals surface area contributed by atoms with E-state index in [1.165, 1.54) is 0 Å². The van der Waals surface area contributed by atoms with Crippen LogP contribution in [0.25, 0.3) is 0 Å². The Balaban J connectivity index is 1.89. The summed E-state index contributed by atoms with van der Waals surface area (Å²) < 4.78 is 10.4. The van der Waals surface area contributed by atoms with E-state index in [9.17, 15) is 9.59 Å². The Morgan fingerprint density at radius 1 is 1.04 bits per heavy atom. The number of hydrogen-bond donors (Lipinski definition) is 1. The summed E-state index contributed by atoms with van der Waals surface area (Å²) in [5.41, 5.74) is 0.984. The maximum atomic E-state index is 12.0. The van der Waals surface area contributed by atoms with Crippen LogP contribution in [0.3, 0.4) is 0 Å². The van der Waals surface area contributed by atoms with Gasteiger partial charge in [-0.1, -0.05) is 41.4 Å². The molecule has 5 nitrogen and oxygen atoms in total. The lowest BCUT2D eigenvalue weighted by Crippen LogP contribution is -2.22. The van der Waals surface area contributed by atoms with E-state index < -0.39 is 18.5 Å². The fourth-order valence-electron chi connectivity index (χ4n) is 2.08. The van der Waals surface area contributed by atoms with Gasteiger partial charge in [-0.25, -0.2) is 0 Å². The molecule has 0 aliphatic heterocycles. The van der Waals surface area contributed by atoms with Crippen LogP contribution >= 0.6 is 23.2 Å². The van der Waals surface area contributed by atoms with Gasteiger partial charge in [-0.15, -0.1) is 0 Å². The van der Waals surface area contributed by atoms with Crippen molar-refractivity contribution in [2.45, 2.75) is 13.3 Å². The minimum absolute atomic E-state index is 0.110. The van der Waals surface area contributed by atoms with Gasteiger partial charge in [0.2, 0.25) is 0 Å². The van der Waals surface area contributed by atoms with Crippen LogP contribution < -0.4 is 10.1 Å². The highest BCUT2D eigenvalue weighted by molar-refractivity contribution is 6.36. The predicted octanol–water partition coefficient (Wildman–Crippen LogP) is 4.12. The zero-order valence-corrected chi connectivity index (χ0v) is 15.1. The van der Waals surface area contributed by atoms with Gasteiger partial charge < -0.3 is 14.8 Å². The topological polar surface area (TPSA) is 64.6 Å². The normalized spacial score (nSPS) is 10.2. The van der Waals surface area contributed by atoms with E-state index in [0.29, 0.717) is 33.7 Å². The molecule has 0 spiro atoms. The molecular formula is C18H17Cl2NO4. The van der Waals surface area contributed by atoms with Crippen LogP contribution in [0, 0.1) is 0 Å². The highest BCUT2D eigenvalue weighted by atomic mass is 35.5. The maximum Gasteiger partial charge on any atom is 0.310 e. The zero-order valence-electron chi connectivity index (χ0n) is 13.6. The van der Waals surface area contributed by atoms with Gasteiger partial charge in [-0.3, -0.25) is 9.59 Å². The smallest absolute Gasteiger partial charge is 0.310 e. The molecule has 25 heavy (non-hydrogen) atoms.